The van der Waals surface area contributed by atoms with E-state index in [-0.39, 0.29) is 17.0 Å². The highest BCUT2D eigenvalue weighted by Gasteiger charge is 2.28. The summed E-state index contributed by atoms with van der Waals surface area (Å²) < 4.78 is 0. The summed E-state index contributed by atoms with van der Waals surface area (Å²) in [5.74, 6) is 0.501. The van der Waals surface area contributed by atoms with Gasteiger partial charge in [-0.25, -0.2) is 0 Å². The highest BCUT2D eigenvalue weighted by molar-refractivity contribution is 5.49. The van der Waals surface area contributed by atoms with E-state index in [0.29, 0.717) is 0 Å². The Labute approximate surface area is 107 Å². The lowest BCUT2D eigenvalue weighted by Crippen LogP contribution is -2.19. The predicted molar refractivity (Wildman–Crippen MR) is 72.0 cm³/mol. The maximum Gasteiger partial charge on any atom is 0.119 e. The summed E-state index contributed by atoms with van der Waals surface area (Å²) in [7, 11) is 0. The van der Waals surface area contributed by atoms with Crippen molar-refractivity contribution >= 4 is 0 Å². The van der Waals surface area contributed by atoms with Gasteiger partial charge in [0, 0.05) is 16.5 Å². The second-order valence-corrected chi connectivity index (χ2v) is 4.66. The molecule has 0 saturated carbocycles. The minimum Gasteiger partial charge on any atom is -0.508 e. The lowest BCUT2D eigenvalue weighted by molar-refractivity contribution is 0.435. The molecule has 96 valence electrons. The van der Waals surface area contributed by atoms with Crippen molar-refractivity contribution in [2.24, 2.45) is 0 Å². The summed E-state index contributed by atoms with van der Waals surface area (Å²) in [5, 5.41) is 19.8. The molecule has 0 saturated heterocycles. The fourth-order valence-corrected chi connectivity index (χ4v) is 2.15. The van der Waals surface area contributed by atoms with Gasteiger partial charge in [-0.1, -0.05) is 50.2 Å². The Bertz CT molecular complexity index is 485. The Balaban J connectivity index is 0.00000162. The maximum absolute atomic E-state index is 9.92. The largest absolute Gasteiger partial charge is 0.508 e. The Morgan fingerprint density at radius 2 is 1.06 bits per heavy atom. The molecule has 0 unspecified atom stereocenters. The van der Waals surface area contributed by atoms with E-state index in [1.54, 1.807) is 24.3 Å². The van der Waals surface area contributed by atoms with E-state index in [0.717, 1.165) is 11.1 Å². The van der Waals surface area contributed by atoms with E-state index >= 15 is 0 Å². The van der Waals surface area contributed by atoms with Crippen LogP contribution >= 0.6 is 0 Å². The van der Waals surface area contributed by atoms with Crippen LogP contribution in [0.3, 0.4) is 0 Å². The van der Waals surface area contributed by atoms with Gasteiger partial charge in [0.25, 0.3) is 0 Å². The molecule has 0 aliphatic rings. The fourth-order valence-electron chi connectivity index (χ4n) is 2.15. The van der Waals surface area contributed by atoms with Crippen molar-refractivity contribution in [3.8, 4) is 11.5 Å². The Morgan fingerprint density at radius 3 is 1.39 bits per heavy atom. The number of rotatable bonds is 2. The highest BCUT2D eigenvalue weighted by atomic mass is 16.3. The monoisotopic (exact) mass is 246 g/mol. The van der Waals surface area contributed by atoms with Crippen LogP contribution in [0, 0.1) is 0 Å². The van der Waals surface area contributed by atoms with Crippen LogP contribution in [0.25, 0.3) is 0 Å². The first-order valence-corrected chi connectivity index (χ1v) is 5.60. The summed E-state index contributed by atoms with van der Waals surface area (Å²) in [6.45, 7) is 3.97. The minimum atomic E-state index is -0.434. The van der Waals surface area contributed by atoms with Gasteiger partial charge in [0.15, 0.2) is 0 Å². The Hall–Kier alpha value is -2.00. The third-order valence-corrected chi connectivity index (χ3v) is 3.15. The molecule has 0 bridgehead atoms. The van der Waals surface area contributed by atoms with Crippen molar-refractivity contribution in [2.75, 3.05) is 0 Å². The van der Waals surface area contributed by atoms with E-state index in [1.807, 2.05) is 38.1 Å². The zero-order valence-corrected chi connectivity index (χ0v) is 10.5. The zero-order chi connectivity index (χ0) is 12.5. The van der Waals surface area contributed by atoms with Crippen LogP contribution < -0.4 is 0 Å². The Kier molecular flexibility index (Phi) is 3.99. The van der Waals surface area contributed by atoms with E-state index in [4.69, 9.17) is 0 Å². The SMILES string of the molecule is CC(C)(c1ccccc1O)c1ccccc1O.O. The number of benzene rings is 2. The molecule has 2 aromatic rings. The summed E-state index contributed by atoms with van der Waals surface area (Å²) in [6.07, 6.45) is 0. The minimum absolute atomic E-state index is 0. The second-order valence-electron chi connectivity index (χ2n) is 4.66. The topological polar surface area (TPSA) is 72.0 Å². The normalized spacial score (nSPS) is 10.8. The molecule has 4 N–H and O–H groups in total. The molecule has 0 atom stereocenters. The van der Waals surface area contributed by atoms with Crippen LogP contribution in [0.15, 0.2) is 48.5 Å². The van der Waals surface area contributed by atoms with Crippen LogP contribution in [0.1, 0.15) is 25.0 Å². The zero-order valence-electron chi connectivity index (χ0n) is 10.5. The Morgan fingerprint density at radius 1 is 0.722 bits per heavy atom. The average molecular weight is 246 g/mol. The predicted octanol–water partition coefficient (Wildman–Crippen LogP) is 2.60. The maximum atomic E-state index is 9.92. The molecular weight excluding hydrogens is 228 g/mol. The second kappa shape index (κ2) is 5.10. The highest BCUT2D eigenvalue weighted by Crippen LogP contribution is 2.39. The molecule has 0 amide bonds. The van der Waals surface area contributed by atoms with Crippen molar-refractivity contribution in [3.05, 3.63) is 59.7 Å². The third-order valence-electron chi connectivity index (χ3n) is 3.15. The molecule has 3 nitrogen and oxygen atoms in total. The van der Waals surface area contributed by atoms with Crippen molar-refractivity contribution < 1.29 is 15.7 Å². The van der Waals surface area contributed by atoms with Crippen molar-refractivity contribution in [1.82, 2.24) is 0 Å². The summed E-state index contributed by atoms with van der Waals surface area (Å²) in [4.78, 5) is 0. The smallest absolute Gasteiger partial charge is 0.119 e. The van der Waals surface area contributed by atoms with Crippen molar-refractivity contribution in [3.63, 3.8) is 0 Å². The van der Waals surface area contributed by atoms with Crippen LogP contribution in [0.2, 0.25) is 0 Å². The number of para-hydroxylation sites is 2. The number of hydrogen-bond donors (Lipinski definition) is 2. The molecule has 2 rings (SSSR count). The molecule has 0 aliphatic heterocycles. The van der Waals surface area contributed by atoms with Crippen LogP contribution in [0.4, 0.5) is 0 Å². The standard InChI is InChI=1S/C15H16O2.H2O/c1-15(2,11-7-3-5-9-13(11)16)12-8-4-6-10-14(12)17;/h3-10,16-17H,1-2H3;1H2. The van der Waals surface area contributed by atoms with E-state index in [1.165, 1.54) is 0 Å². The van der Waals surface area contributed by atoms with Crippen LogP contribution in [0.5, 0.6) is 11.5 Å². The molecule has 0 aliphatic carbocycles. The van der Waals surface area contributed by atoms with Gasteiger partial charge in [0.05, 0.1) is 0 Å². The van der Waals surface area contributed by atoms with Gasteiger partial charge in [0.1, 0.15) is 11.5 Å². The van der Waals surface area contributed by atoms with Gasteiger partial charge < -0.3 is 15.7 Å². The molecule has 0 aromatic heterocycles. The van der Waals surface area contributed by atoms with Crippen LogP contribution in [-0.2, 0) is 5.41 Å². The lowest BCUT2D eigenvalue weighted by Gasteiger charge is -2.27. The van der Waals surface area contributed by atoms with Gasteiger partial charge in [-0.3, -0.25) is 0 Å². The average Bonchev–Trinajstić information content (AvgIpc) is 2.29. The number of aromatic hydroxyl groups is 2. The fraction of sp³-hybridized carbons (Fsp3) is 0.200. The van der Waals surface area contributed by atoms with Crippen LogP contribution in [-0.4, -0.2) is 15.7 Å². The summed E-state index contributed by atoms with van der Waals surface area (Å²) >= 11 is 0. The first kappa shape index (κ1) is 14.1. The quantitative estimate of drug-likeness (QED) is 0.854. The number of phenolic OH excluding ortho intramolecular Hbond substituents is 2. The molecule has 3 heteroatoms. The van der Waals surface area contributed by atoms with Crippen molar-refractivity contribution in [2.45, 2.75) is 19.3 Å². The molecular formula is C15H18O3. The number of hydrogen-bond acceptors (Lipinski definition) is 2. The first-order chi connectivity index (χ1) is 8.03. The van der Waals surface area contributed by atoms with E-state index in [2.05, 4.69) is 0 Å². The van der Waals surface area contributed by atoms with Gasteiger partial charge in [-0.15, -0.1) is 0 Å². The summed E-state index contributed by atoms with van der Waals surface area (Å²) in [6, 6.07) is 14.4. The molecule has 0 radical (unpaired) electrons. The van der Waals surface area contributed by atoms with Gasteiger partial charge in [-0.05, 0) is 12.1 Å². The third kappa shape index (κ3) is 2.31. The van der Waals surface area contributed by atoms with Gasteiger partial charge in [-0.2, -0.15) is 0 Å². The van der Waals surface area contributed by atoms with Gasteiger partial charge >= 0.3 is 0 Å². The molecule has 0 fully saturated rings. The molecule has 18 heavy (non-hydrogen) atoms. The van der Waals surface area contributed by atoms with E-state index in [9.17, 15) is 10.2 Å². The molecule has 0 spiro atoms. The summed E-state index contributed by atoms with van der Waals surface area (Å²) in [5.41, 5.74) is 1.18. The lowest BCUT2D eigenvalue weighted by atomic mass is 9.77. The molecule has 0 heterocycles. The number of phenols is 2. The molecule has 2 aromatic carbocycles. The van der Waals surface area contributed by atoms with E-state index < -0.39 is 5.41 Å². The van der Waals surface area contributed by atoms with Gasteiger partial charge in [0.2, 0.25) is 0 Å². The van der Waals surface area contributed by atoms with Crippen molar-refractivity contribution in [1.29, 1.82) is 0 Å². The first-order valence-electron chi connectivity index (χ1n) is 5.60.